The summed E-state index contributed by atoms with van der Waals surface area (Å²) in [4.78, 5) is 12.3. The van der Waals surface area contributed by atoms with E-state index in [-0.39, 0.29) is 17.9 Å². The van der Waals surface area contributed by atoms with Gasteiger partial charge in [0.25, 0.3) is 5.69 Å². The zero-order chi connectivity index (χ0) is 13.3. The van der Waals surface area contributed by atoms with Crippen LogP contribution in [0.15, 0.2) is 18.2 Å². The fraction of sp³-hybridized carbons (Fsp3) is 0.500. The van der Waals surface area contributed by atoms with Crippen molar-refractivity contribution in [2.75, 3.05) is 18.0 Å². The number of benzene rings is 1. The Morgan fingerprint density at radius 1 is 1.39 bits per heavy atom. The highest BCUT2D eigenvalue weighted by atomic mass is 35.5. The first kappa shape index (κ1) is 13.1. The first-order valence-electron chi connectivity index (χ1n) is 5.81. The van der Waals surface area contributed by atoms with E-state index in [2.05, 4.69) is 4.90 Å². The Kier molecular flexibility index (Phi) is 3.73. The number of hydrogen-bond donors (Lipinski definition) is 0. The van der Waals surface area contributed by atoms with Gasteiger partial charge in [0, 0.05) is 25.2 Å². The van der Waals surface area contributed by atoms with Crippen LogP contribution in [0.25, 0.3) is 0 Å². The van der Waals surface area contributed by atoms with Crippen molar-refractivity contribution in [1.29, 1.82) is 0 Å². The van der Waals surface area contributed by atoms with Gasteiger partial charge in [-0.15, -0.1) is 0 Å². The van der Waals surface area contributed by atoms with Crippen LogP contribution >= 0.6 is 11.6 Å². The molecule has 0 spiro atoms. The van der Waals surface area contributed by atoms with Gasteiger partial charge < -0.3 is 9.64 Å². The summed E-state index contributed by atoms with van der Waals surface area (Å²) in [6.07, 6.45) is 0.250. The lowest BCUT2D eigenvalue weighted by atomic mass is 10.2. The van der Waals surface area contributed by atoms with Crippen LogP contribution in [-0.2, 0) is 4.74 Å². The number of nitrogens with zero attached hydrogens (tertiary/aromatic N) is 2. The lowest BCUT2D eigenvalue weighted by Gasteiger charge is -2.37. The van der Waals surface area contributed by atoms with Crippen molar-refractivity contribution in [2.45, 2.75) is 26.1 Å². The molecule has 1 aliphatic heterocycles. The number of ether oxygens (including phenoxy) is 1. The second-order valence-electron chi connectivity index (χ2n) is 4.56. The van der Waals surface area contributed by atoms with E-state index < -0.39 is 4.92 Å². The lowest BCUT2D eigenvalue weighted by molar-refractivity contribution is -0.384. The molecule has 1 fully saturated rings. The summed E-state index contributed by atoms with van der Waals surface area (Å²) in [5.41, 5.74) is 0.836. The standard InChI is InChI=1S/C12H15ClN2O3/c1-8-6-14(7-9(2)18-8)12-4-3-10(15(16)17)5-11(12)13/h3-5,8-9H,6-7H2,1-2H3/t8-,9+. The predicted molar refractivity (Wildman–Crippen MR) is 70.3 cm³/mol. The van der Waals surface area contributed by atoms with Crippen LogP contribution in [0.3, 0.4) is 0 Å². The van der Waals surface area contributed by atoms with Crippen molar-refractivity contribution in [2.24, 2.45) is 0 Å². The first-order chi connectivity index (χ1) is 8.47. The Balaban J connectivity index is 2.25. The first-order valence-corrected chi connectivity index (χ1v) is 6.19. The van der Waals surface area contributed by atoms with E-state index in [1.807, 2.05) is 13.8 Å². The highest BCUT2D eigenvalue weighted by molar-refractivity contribution is 6.33. The maximum Gasteiger partial charge on any atom is 0.271 e. The van der Waals surface area contributed by atoms with E-state index in [4.69, 9.17) is 16.3 Å². The van der Waals surface area contributed by atoms with Gasteiger partial charge in [-0.25, -0.2) is 0 Å². The molecule has 2 atom stereocenters. The molecule has 1 aliphatic rings. The van der Waals surface area contributed by atoms with Gasteiger partial charge in [0.15, 0.2) is 0 Å². The molecule has 0 saturated carbocycles. The van der Waals surface area contributed by atoms with Gasteiger partial charge in [-0.3, -0.25) is 10.1 Å². The van der Waals surface area contributed by atoms with Gasteiger partial charge >= 0.3 is 0 Å². The number of halogens is 1. The average molecular weight is 271 g/mol. The summed E-state index contributed by atoms with van der Waals surface area (Å²) < 4.78 is 5.65. The van der Waals surface area contributed by atoms with Gasteiger partial charge in [-0.05, 0) is 19.9 Å². The van der Waals surface area contributed by atoms with Crippen molar-refractivity contribution in [3.63, 3.8) is 0 Å². The fourth-order valence-corrected chi connectivity index (χ4v) is 2.53. The quantitative estimate of drug-likeness (QED) is 0.612. The van der Waals surface area contributed by atoms with Crippen molar-refractivity contribution in [3.8, 4) is 0 Å². The van der Waals surface area contributed by atoms with E-state index in [9.17, 15) is 10.1 Å². The van der Waals surface area contributed by atoms with E-state index in [1.165, 1.54) is 12.1 Å². The predicted octanol–water partition coefficient (Wildman–Crippen LogP) is 2.86. The number of nitro benzene ring substituents is 1. The summed E-state index contributed by atoms with van der Waals surface area (Å²) >= 11 is 6.12. The highest BCUT2D eigenvalue weighted by Gasteiger charge is 2.24. The van der Waals surface area contributed by atoms with Crippen molar-refractivity contribution in [1.82, 2.24) is 0 Å². The van der Waals surface area contributed by atoms with E-state index in [0.717, 1.165) is 18.8 Å². The Morgan fingerprint density at radius 3 is 2.50 bits per heavy atom. The zero-order valence-electron chi connectivity index (χ0n) is 10.3. The molecule has 5 nitrogen and oxygen atoms in total. The molecule has 1 aromatic rings. The molecular formula is C12H15ClN2O3. The van der Waals surface area contributed by atoms with Gasteiger partial charge in [-0.2, -0.15) is 0 Å². The van der Waals surface area contributed by atoms with Crippen LogP contribution in [0.4, 0.5) is 11.4 Å². The van der Waals surface area contributed by atoms with Crippen molar-refractivity contribution in [3.05, 3.63) is 33.3 Å². The second-order valence-corrected chi connectivity index (χ2v) is 4.96. The van der Waals surface area contributed by atoms with E-state index in [0.29, 0.717) is 5.02 Å². The third kappa shape index (κ3) is 2.73. The number of non-ortho nitro benzene ring substituents is 1. The molecule has 0 aliphatic carbocycles. The number of anilines is 1. The van der Waals surface area contributed by atoms with Gasteiger partial charge in [0.05, 0.1) is 27.8 Å². The Bertz CT molecular complexity index is 457. The fourth-order valence-electron chi connectivity index (χ4n) is 2.24. The third-order valence-electron chi connectivity index (χ3n) is 2.90. The molecule has 1 heterocycles. The summed E-state index contributed by atoms with van der Waals surface area (Å²) in [7, 11) is 0. The van der Waals surface area contributed by atoms with Gasteiger partial charge in [-0.1, -0.05) is 11.6 Å². The van der Waals surface area contributed by atoms with Crippen LogP contribution in [0, 0.1) is 10.1 Å². The van der Waals surface area contributed by atoms with Crippen LogP contribution < -0.4 is 4.90 Å². The number of morpholine rings is 1. The smallest absolute Gasteiger partial charge is 0.271 e. The van der Waals surface area contributed by atoms with Crippen LogP contribution in [0.5, 0.6) is 0 Å². The minimum absolute atomic E-state index is 0.0121. The second kappa shape index (κ2) is 5.12. The van der Waals surface area contributed by atoms with Gasteiger partial charge in [0.2, 0.25) is 0 Å². The molecule has 98 valence electrons. The molecule has 0 N–H and O–H groups in total. The minimum atomic E-state index is -0.444. The molecule has 0 aromatic heterocycles. The number of nitro groups is 1. The summed E-state index contributed by atoms with van der Waals surface area (Å²) in [6, 6.07) is 4.57. The molecule has 2 rings (SSSR count). The third-order valence-corrected chi connectivity index (χ3v) is 3.21. The number of hydrogen-bond acceptors (Lipinski definition) is 4. The molecular weight excluding hydrogens is 256 g/mol. The summed E-state index contributed by atoms with van der Waals surface area (Å²) in [5.74, 6) is 0. The molecule has 0 unspecified atom stereocenters. The molecule has 0 bridgehead atoms. The van der Waals surface area contributed by atoms with Crippen molar-refractivity contribution < 1.29 is 9.66 Å². The van der Waals surface area contributed by atoms with E-state index in [1.54, 1.807) is 6.07 Å². The van der Waals surface area contributed by atoms with Crippen LogP contribution in [0.2, 0.25) is 5.02 Å². The van der Waals surface area contributed by atoms with Crippen LogP contribution in [0.1, 0.15) is 13.8 Å². The zero-order valence-corrected chi connectivity index (χ0v) is 11.1. The molecule has 0 amide bonds. The summed E-state index contributed by atoms with van der Waals surface area (Å²) in [5, 5.41) is 11.1. The van der Waals surface area contributed by atoms with Gasteiger partial charge in [0.1, 0.15) is 0 Å². The largest absolute Gasteiger partial charge is 0.372 e. The molecule has 0 radical (unpaired) electrons. The molecule has 1 aromatic carbocycles. The SMILES string of the molecule is C[C@@H]1CN(c2ccc([N+](=O)[O-])cc2Cl)C[C@H](C)O1. The van der Waals surface area contributed by atoms with Crippen molar-refractivity contribution >= 4 is 23.0 Å². The summed E-state index contributed by atoms with van der Waals surface area (Å²) in [6.45, 7) is 5.48. The maximum absolute atomic E-state index is 10.7. The Hall–Kier alpha value is -1.33. The molecule has 18 heavy (non-hydrogen) atoms. The Morgan fingerprint density at radius 2 is 2.00 bits per heavy atom. The highest BCUT2D eigenvalue weighted by Crippen LogP contribution is 2.31. The van der Waals surface area contributed by atoms with Crippen LogP contribution in [-0.4, -0.2) is 30.2 Å². The Labute approximate surface area is 110 Å². The molecule has 6 heteroatoms. The monoisotopic (exact) mass is 270 g/mol. The maximum atomic E-state index is 10.7. The number of rotatable bonds is 2. The average Bonchev–Trinajstić information content (AvgIpc) is 2.27. The molecule has 1 saturated heterocycles. The van der Waals surface area contributed by atoms with E-state index >= 15 is 0 Å². The lowest BCUT2D eigenvalue weighted by Crippen LogP contribution is -2.45. The topological polar surface area (TPSA) is 55.6 Å². The normalized spacial score (nSPS) is 24.1. The minimum Gasteiger partial charge on any atom is -0.372 e.